The van der Waals surface area contributed by atoms with Crippen LogP contribution in [0.25, 0.3) is 0 Å². The van der Waals surface area contributed by atoms with Crippen molar-refractivity contribution in [2.24, 2.45) is 10.1 Å². The lowest BCUT2D eigenvalue weighted by molar-refractivity contribution is -0.183. The fourth-order valence-corrected chi connectivity index (χ4v) is 4.37. The molecule has 0 aromatic heterocycles. The minimum atomic E-state index is -4.57. The lowest BCUT2D eigenvalue weighted by Crippen LogP contribution is -2.43. The molecular weight excluding hydrogens is 500 g/mol. The summed E-state index contributed by atoms with van der Waals surface area (Å²) >= 11 is 18.2. The molecule has 0 bridgehead atoms. The zero-order valence-corrected chi connectivity index (χ0v) is 19.3. The molecule has 2 amide bonds. The number of urea groups is 1. The molecule has 11 heteroatoms. The third kappa shape index (κ3) is 5.28. The van der Waals surface area contributed by atoms with E-state index in [0.29, 0.717) is 11.1 Å². The van der Waals surface area contributed by atoms with Gasteiger partial charge in [0.25, 0.3) is 0 Å². The van der Waals surface area contributed by atoms with Gasteiger partial charge in [-0.3, -0.25) is 4.99 Å². The lowest BCUT2D eigenvalue weighted by Gasteiger charge is -2.31. The second-order valence-electron chi connectivity index (χ2n) is 8.03. The minimum absolute atomic E-state index is 0.0309. The van der Waals surface area contributed by atoms with E-state index >= 15 is 0 Å². The first kappa shape index (κ1) is 23.9. The zero-order chi connectivity index (χ0) is 23.8. The molecule has 174 valence electrons. The molecule has 0 radical (unpaired) electrons. The van der Waals surface area contributed by atoms with Gasteiger partial charge in [-0.05, 0) is 48.2 Å². The van der Waals surface area contributed by atoms with Gasteiger partial charge >= 0.3 is 12.2 Å². The van der Waals surface area contributed by atoms with Gasteiger partial charge in [0.2, 0.25) is 0 Å². The van der Waals surface area contributed by atoms with Gasteiger partial charge in [-0.1, -0.05) is 46.9 Å². The predicted octanol–water partition coefficient (Wildman–Crippen LogP) is 6.14. The fourth-order valence-electron chi connectivity index (χ4n) is 3.62. The Bertz CT molecular complexity index is 1130. The Kier molecular flexibility index (Phi) is 6.62. The first-order chi connectivity index (χ1) is 15.6. The summed E-state index contributed by atoms with van der Waals surface area (Å²) in [4.78, 5) is 15.8. The van der Waals surface area contributed by atoms with Gasteiger partial charge in [0.15, 0.2) is 0 Å². The number of aliphatic imine (C=N–C) groups is 1. The third-order valence-corrected chi connectivity index (χ3v) is 6.35. The highest BCUT2D eigenvalue weighted by atomic mass is 35.5. The van der Waals surface area contributed by atoms with Crippen LogP contribution in [0.3, 0.4) is 0 Å². The summed E-state index contributed by atoms with van der Waals surface area (Å²) < 4.78 is 42.7. The summed E-state index contributed by atoms with van der Waals surface area (Å²) in [5.74, 6) is 0. The summed E-state index contributed by atoms with van der Waals surface area (Å²) in [7, 11) is 0. The molecule has 1 aliphatic heterocycles. The van der Waals surface area contributed by atoms with E-state index in [4.69, 9.17) is 34.8 Å². The number of halogens is 6. The average molecular weight is 518 g/mol. The Hall–Kier alpha value is -2.29. The Balaban J connectivity index is 1.52. The summed E-state index contributed by atoms with van der Waals surface area (Å²) in [6.07, 6.45) is -1.68. The number of nitrogens with zero attached hydrogens (tertiary/aromatic N) is 2. The maximum Gasteiger partial charge on any atom is 0.400 e. The van der Waals surface area contributed by atoms with E-state index in [2.05, 4.69) is 20.8 Å². The Morgan fingerprint density at radius 1 is 1.12 bits per heavy atom. The number of hydrazone groups is 1. The topological polar surface area (TPSA) is 65.8 Å². The smallest absolute Gasteiger partial charge is 0.334 e. The minimum Gasteiger partial charge on any atom is -0.334 e. The van der Waals surface area contributed by atoms with Crippen molar-refractivity contribution in [1.82, 2.24) is 10.7 Å². The molecule has 4 rings (SSSR count). The third-order valence-electron chi connectivity index (χ3n) is 5.58. The normalized spacial score (nSPS) is 20.7. The van der Waals surface area contributed by atoms with Crippen molar-refractivity contribution >= 4 is 52.8 Å². The summed E-state index contributed by atoms with van der Waals surface area (Å²) in [6.45, 7) is -0.483. The molecule has 1 fully saturated rings. The first-order valence-corrected chi connectivity index (χ1v) is 11.2. The maximum atomic E-state index is 14.2. The maximum absolute atomic E-state index is 14.2. The largest absolute Gasteiger partial charge is 0.400 e. The highest BCUT2D eigenvalue weighted by Crippen LogP contribution is 2.48. The number of carbonyl (C=O) groups is 1. The van der Waals surface area contributed by atoms with Crippen molar-refractivity contribution in [3.05, 3.63) is 68.2 Å². The van der Waals surface area contributed by atoms with Crippen LogP contribution in [0.2, 0.25) is 15.1 Å². The predicted molar refractivity (Wildman–Crippen MR) is 124 cm³/mol. The molecule has 1 aliphatic carbocycles. The van der Waals surface area contributed by atoms with E-state index in [0.717, 1.165) is 12.8 Å². The quantitative estimate of drug-likeness (QED) is 0.363. The number of hydrogen-bond acceptors (Lipinski definition) is 3. The molecular formula is C22H18Cl3F3N4O. The zero-order valence-electron chi connectivity index (χ0n) is 17.0. The molecule has 2 N–H and O–H groups in total. The molecule has 33 heavy (non-hydrogen) atoms. The van der Waals surface area contributed by atoms with E-state index in [1.54, 1.807) is 12.1 Å². The van der Waals surface area contributed by atoms with E-state index in [-0.39, 0.29) is 38.8 Å². The van der Waals surface area contributed by atoms with Crippen LogP contribution in [0.15, 0.2) is 46.5 Å². The number of rotatable bonds is 5. The van der Waals surface area contributed by atoms with Gasteiger partial charge in [0, 0.05) is 33.8 Å². The number of alkyl halides is 3. The van der Waals surface area contributed by atoms with Gasteiger partial charge in [0.1, 0.15) is 5.41 Å². The van der Waals surface area contributed by atoms with Crippen LogP contribution >= 0.6 is 34.8 Å². The van der Waals surface area contributed by atoms with Gasteiger partial charge in [-0.15, -0.1) is 0 Å². The molecule has 5 nitrogen and oxygen atoms in total. The van der Waals surface area contributed by atoms with Crippen molar-refractivity contribution in [3.63, 3.8) is 0 Å². The second-order valence-corrected chi connectivity index (χ2v) is 9.31. The van der Waals surface area contributed by atoms with Crippen molar-refractivity contribution in [3.8, 4) is 0 Å². The van der Waals surface area contributed by atoms with E-state index in [1.807, 2.05) is 0 Å². The van der Waals surface area contributed by atoms with Crippen LogP contribution in [0.1, 0.15) is 36.0 Å². The number of benzene rings is 2. The molecule has 1 atom stereocenters. The highest BCUT2D eigenvalue weighted by molar-refractivity contribution is 6.35. The monoisotopic (exact) mass is 516 g/mol. The van der Waals surface area contributed by atoms with Crippen LogP contribution < -0.4 is 10.7 Å². The van der Waals surface area contributed by atoms with Crippen LogP contribution in [-0.4, -0.2) is 36.7 Å². The molecule has 0 saturated heterocycles. The van der Waals surface area contributed by atoms with Crippen molar-refractivity contribution in [2.75, 3.05) is 6.54 Å². The lowest BCUT2D eigenvalue weighted by atomic mass is 9.76. The van der Waals surface area contributed by atoms with Crippen LogP contribution in [0.4, 0.5) is 18.0 Å². The summed E-state index contributed by atoms with van der Waals surface area (Å²) in [5.41, 5.74) is 1.32. The Labute approximate surface area is 203 Å². The van der Waals surface area contributed by atoms with Crippen molar-refractivity contribution < 1.29 is 18.0 Å². The number of amides is 2. The van der Waals surface area contributed by atoms with Gasteiger partial charge in [0.05, 0.1) is 17.8 Å². The average Bonchev–Trinajstić information content (AvgIpc) is 3.40. The van der Waals surface area contributed by atoms with Gasteiger partial charge < -0.3 is 5.32 Å². The summed E-state index contributed by atoms with van der Waals surface area (Å²) in [6, 6.07) is 8.48. The Morgan fingerprint density at radius 2 is 1.82 bits per heavy atom. The van der Waals surface area contributed by atoms with Gasteiger partial charge in [-0.25, -0.2) is 10.2 Å². The summed E-state index contributed by atoms with van der Waals surface area (Å²) in [5, 5.41) is 7.08. The molecule has 2 aliphatic rings. The molecule has 1 saturated carbocycles. The van der Waals surface area contributed by atoms with E-state index < -0.39 is 24.2 Å². The number of nitrogens with one attached hydrogen (secondary N) is 2. The van der Waals surface area contributed by atoms with E-state index in [1.165, 1.54) is 30.5 Å². The fraction of sp³-hybridized carbons (Fsp3) is 0.318. The van der Waals surface area contributed by atoms with Crippen LogP contribution in [0.5, 0.6) is 0 Å². The van der Waals surface area contributed by atoms with E-state index in [9.17, 15) is 18.0 Å². The van der Waals surface area contributed by atoms with Crippen LogP contribution in [-0.2, 0) is 5.41 Å². The first-order valence-electron chi connectivity index (χ1n) is 10.0. The highest BCUT2D eigenvalue weighted by Gasteiger charge is 2.58. The number of carbonyl (C=O) groups excluding carboxylic acids is 1. The van der Waals surface area contributed by atoms with Crippen molar-refractivity contribution in [2.45, 2.75) is 36.9 Å². The molecule has 1 unspecified atom stereocenters. The SMILES string of the molecule is O=C(N/N=C/c1ccc(C2=NCC(c3cc(Cl)cc(Cl)c3)(C(F)(F)F)C2)cc1Cl)NC1CC1. The standard InChI is InChI=1S/C22H18Cl3F3N4O/c23-15-6-14(7-16(24)8-15)21(22(26,27)28)9-19(29-11-21)12-1-2-13(18(25)5-12)10-30-32-20(33)31-17-3-4-17/h1-2,5-8,10,17H,3-4,9,11H2,(H2,31,32,33)/b30-10+. The molecule has 1 heterocycles. The molecule has 2 aromatic rings. The molecule has 0 spiro atoms. The van der Waals surface area contributed by atoms with Crippen molar-refractivity contribution in [1.29, 1.82) is 0 Å². The Morgan fingerprint density at radius 3 is 2.42 bits per heavy atom. The molecule has 2 aromatic carbocycles. The second kappa shape index (κ2) is 9.16. The van der Waals surface area contributed by atoms with Gasteiger partial charge in [-0.2, -0.15) is 18.3 Å². The van der Waals surface area contributed by atoms with Crippen LogP contribution in [0, 0.1) is 0 Å². The number of hydrogen-bond donors (Lipinski definition) is 2.